The minimum Gasteiger partial charge on any atom is -0.484 e. The molecule has 6 nitrogen and oxygen atoms in total. The Kier molecular flexibility index (Phi) is 3.95. The highest BCUT2D eigenvalue weighted by atomic mass is 16.5. The van der Waals surface area contributed by atoms with E-state index in [1.807, 2.05) is 18.2 Å². The maximum Gasteiger partial charge on any atom is 0.263 e. The standard InChI is InChI=1S/C15H16N4O2/c20-15(10-21-12-4-2-1-3-5-12)17-14-9-8-13(18-19-14)16-11-6-7-11/h1-5,8-9,11H,6-7,10H2,(H,16,18)(H,17,19,20). The first-order valence-electron chi connectivity index (χ1n) is 6.87. The normalized spacial score (nSPS) is 13.5. The van der Waals surface area contributed by atoms with E-state index in [2.05, 4.69) is 20.8 Å². The zero-order chi connectivity index (χ0) is 14.5. The zero-order valence-electron chi connectivity index (χ0n) is 11.5. The van der Waals surface area contributed by atoms with Crippen LogP contribution in [0.4, 0.5) is 11.6 Å². The van der Waals surface area contributed by atoms with Gasteiger partial charge in [0.15, 0.2) is 12.4 Å². The summed E-state index contributed by atoms with van der Waals surface area (Å²) in [5.41, 5.74) is 0. The van der Waals surface area contributed by atoms with Gasteiger partial charge in [0.25, 0.3) is 5.91 Å². The van der Waals surface area contributed by atoms with Crippen LogP contribution in [0, 0.1) is 0 Å². The van der Waals surface area contributed by atoms with E-state index in [0.29, 0.717) is 17.6 Å². The Hall–Kier alpha value is -2.63. The molecule has 0 spiro atoms. The summed E-state index contributed by atoms with van der Waals surface area (Å²) in [6.45, 7) is -0.0617. The van der Waals surface area contributed by atoms with Crippen molar-refractivity contribution in [1.29, 1.82) is 0 Å². The van der Waals surface area contributed by atoms with Crippen LogP contribution < -0.4 is 15.4 Å². The first-order chi connectivity index (χ1) is 10.3. The molecule has 0 atom stereocenters. The highest BCUT2D eigenvalue weighted by Gasteiger charge is 2.21. The average Bonchev–Trinajstić information content (AvgIpc) is 3.32. The Morgan fingerprint density at radius 1 is 1.10 bits per heavy atom. The van der Waals surface area contributed by atoms with Crippen LogP contribution in [-0.2, 0) is 4.79 Å². The maximum atomic E-state index is 11.7. The molecule has 1 fully saturated rings. The molecular weight excluding hydrogens is 268 g/mol. The lowest BCUT2D eigenvalue weighted by molar-refractivity contribution is -0.118. The topological polar surface area (TPSA) is 76.1 Å². The van der Waals surface area contributed by atoms with E-state index in [1.54, 1.807) is 24.3 Å². The number of benzene rings is 1. The predicted octanol–water partition coefficient (Wildman–Crippen LogP) is 2.07. The van der Waals surface area contributed by atoms with Crippen LogP contribution in [0.2, 0.25) is 0 Å². The van der Waals surface area contributed by atoms with Crippen LogP contribution in [0.25, 0.3) is 0 Å². The van der Waals surface area contributed by atoms with Crippen LogP contribution in [-0.4, -0.2) is 28.8 Å². The molecule has 2 aromatic rings. The first kappa shape index (κ1) is 13.4. The van der Waals surface area contributed by atoms with Crippen molar-refractivity contribution < 1.29 is 9.53 Å². The molecule has 0 unspecified atom stereocenters. The van der Waals surface area contributed by atoms with Gasteiger partial charge in [0.2, 0.25) is 0 Å². The van der Waals surface area contributed by atoms with Gasteiger partial charge in [0.05, 0.1) is 0 Å². The van der Waals surface area contributed by atoms with Crippen molar-refractivity contribution in [3.05, 3.63) is 42.5 Å². The molecule has 1 aliphatic carbocycles. The molecule has 6 heteroatoms. The third kappa shape index (κ3) is 4.17. The molecule has 0 radical (unpaired) electrons. The summed E-state index contributed by atoms with van der Waals surface area (Å²) in [7, 11) is 0. The molecule has 1 saturated carbocycles. The van der Waals surface area contributed by atoms with Gasteiger partial charge in [0, 0.05) is 6.04 Å². The van der Waals surface area contributed by atoms with E-state index in [0.717, 1.165) is 5.82 Å². The number of aromatic nitrogens is 2. The van der Waals surface area contributed by atoms with Crippen LogP contribution >= 0.6 is 0 Å². The molecule has 1 amide bonds. The number of hydrogen-bond donors (Lipinski definition) is 2. The van der Waals surface area contributed by atoms with E-state index >= 15 is 0 Å². The second-order valence-electron chi connectivity index (χ2n) is 4.87. The van der Waals surface area contributed by atoms with Crippen molar-refractivity contribution in [2.45, 2.75) is 18.9 Å². The minimum atomic E-state index is -0.268. The Balaban J connectivity index is 1.47. The van der Waals surface area contributed by atoms with Gasteiger partial charge in [-0.05, 0) is 37.1 Å². The molecule has 2 N–H and O–H groups in total. The lowest BCUT2D eigenvalue weighted by Crippen LogP contribution is -2.21. The van der Waals surface area contributed by atoms with Gasteiger partial charge >= 0.3 is 0 Å². The maximum absolute atomic E-state index is 11.7. The summed E-state index contributed by atoms with van der Waals surface area (Å²) >= 11 is 0. The number of carbonyl (C=O) groups excluding carboxylic acids is 1. The fraction of sp³-hybridized carbons (Fsp3) is 0.267. The second-order valence-corrected chi connectivity index (χ2v) is 4.87. The Morgan fingerprint density at radius 2 is 1.81 bits per heavy atom. The number of anilines is 2. The molecule has 0 aliphatic heterocycles. The summed E-state index contributed by atoms with van der Waals surface area (Å²) in [5.74, 6) is 1.54. The Morgan fingerprint density at radius 3 is 2.48 bits per heavy atom. The molecule has 21 heavy (non-hydrogen) atoms. The summed E-state index contributed by atoms with van der Waals surface area (Å²) in [6, 6.07) is 13.2. The summed E-state index contributed by atoms with van der Waals surface area (Å²) in [5, 5.41) is 13.8. The molecule has 1 heterocycles. The number of carbonyl (C=O) groups is 1. The smallest absolute Gasteiger partial charge is 0.263 e. The molecule has 1 aliphatic rings. The molecule has 108 valence electrons. The van der Waals surface area contributed by atoms with Crippen LogP contribution in [0.15, 0.2) is 42.5 Å². The second kappa shape index (κ2) is 6.21. The number of nitrogens with one attached hydrogen (secondary N) is 2. The molecule has 3 rings (SSSR count). The van der Waals surface area contributed by atoms with Crippen molar-refractivity contribution in [3.8, 4) is 5.75 Å². The van der Waals surface area contributed by atoms with Gasteiger partial charge in [-0.25, -0.2) is 0 Å². The third-order valence-corrected chi connectivity index (χ3v) is 2.97. The Bertz CT molecular complexity index is 597. The van der Waals surface area contributed by atoms with Gasteiger partial charge in [-0.15, -0.1) is 10.2 Å². The lowest BCUT2D eigenvalue weighted by Gasteiger charge is -2.07. The Labute approximate surface area is 122 Å². The van der Waals surface area contributed by atoms with Crippen molar-refractivity contribution >= 4 is 17.5 Å². The summed E-state index contributed by atoms with van der Waals surface area (Å²) in [6.07, 6.45) is 2.36. The SMILES string of the molecule is O=C(COc1ccccc1)Nc1ccc(NC2CC2)nn1. The van der Waals surface area contributed by atoms with E-state index in [9.17, 15) is 4.79 Å². The van der Waals surface area contributed by atoms with Crippen LogP contribution in [0.5, 0.6) is 5.75 Å². The monoisotopic (exact) mass is 284 g/mol. The van der Waals surface area contributed by atoms with Gasteiger partial charge in [-0.1, -0.05) is 18.2 Å². The van der Waals surface area contributed by atoms with E-state index in [4.69, 9.17) is 4.74 Å². The average molecular weight is 284 g/mol. The van der Waals surface area contributed by atoms with Crippen LogP contribution in [0.3, 0.4) is 0 Å². The number of amides is 1. The first-order valence-corrected chi connectivity index (χ1v) is 6.87. The molecular formula is C15H16N4O2. The molecule has 1 aromatic carbocycles. The number of para-hydroxylation sites is 1. The van der Waals surface area contributed by atoms with Crippen molar-refractivity contribution in [3.63, 3.8) is 0 Å². The fourth-order valence-corrected chi connectivity index (χ4v) is 1.76. The number of hydrogen-bond acceptors (Lipinski definition) is 5. The van der Waals surface area contributed by atoms with E-state index in [-0.39, 0.29) is 12.5 Å². The largest absolute Gasteiger partial charge is 0.484 e. The molecule has 0 bridgehead atoms. The number of nitrogens with zero attached hydrogens (tertiary/aromatic N) is 2. The highest BCUT2D eigenvalue weighted by Crippen LogP contribution is 2.23. The summed E-state index contributed by atoms with van der Waals surface area (Å²) < 4.78 is 5.35. The number of ether oxygens (including phenoxy) is 1. The van der Waals surface area contributed by atoms with E-state index in [1.165, 1.54) is 12.8 Å². The van der Waals surface area contributed by atoms with Gasteiger partial charge in [0.1, 0.15) is 11.6 Å². The highest BCUT2D eigenvalue weighted by molar-refractivity contribution is 5.90. The zero-order valence-corrected chi connectivity index (χ0v) is 11.5. The molecule has 1 aromatic heterocycles. The van der Waals surface area contributed by atoms with Crippen molar-refractivity contribution in [2.24, 2.45) is 0 Å². The van der Waals surface area contributed by atoms with Crippen molar-refractivity contribution in [2.75, 3.05) is 17.2 Å². The molecule has 0 saturated heterocycles. The lowest BCUT2D eigenvalue weighted by atomic mass is 10.3. The van der Waals surface area contributed by atoms with Gasteiger partial charge in [-0.2, -0.15) is 0 Å². The van der Waals surface area contributed by atoms with Crippen molar-refractivity contribution in [1.82, 2.24) is 10.2 Å². The minimum absolute atomic E-state index is 0.0617. The predicted molar refractivity (Wildman–Crippen MR) is 79.2 cm³/mol. The third-order valence-electron chi connectivity index (χ3n) is 2.97. The van der Waals surface area contributed by atoms with Gasteiger partial charge in [-0.3, -0.25) is 4.79 Å². The number of rotatable bonds is 6. The van der Waals surface area contributed by atoms with Gasteiger partial charge < -0.3 is 15.4 Å². The fourth-order valence-electron chi connectivity index (χ4n) is 1.76. The van der Waals surface area contributed by atoms with Crippen LogP contribution in [0.1, 0.15) is 12.8 Å². The quantitative estimate of drug-likeness (QED) is 0.849. The van der Waals surface area contributed by atoms with E-state index < -0.39 is 0 Å². The summed E-state index contributed by atoms with van der Waals surface area (Å²) in [4.78, 5) is 11.7.